The Bertz CT molecular complexity index is 839. The molecule has 0 N–H and O–H groups in total. The molecule has 0 unspecified atom stereocenters. The van der Waals surface area contributed by atoms with Crippen LogP contribution >= 0.6 is 0 Å². The van der Waals surface area contributed by atoms with E-state index in [1.807, 2.05) is 36.4 Å². The number of carbonyl (C=O) groups excluding carboxylic acids is 2. The zero-order valence-electron chi connectivity index (χ0n) is 11.7. The molecule has 6 rings (SSSR count). The fourth-order valence-corrected chi connectivity index (χ4v) is 4.59. The molecule has 0 amide bonds. The maximum Gasteiger partial charge on any atom is 0.170 e. The van der Waals surface area contributed by atoms with Gasteiger partial charge in [-0.25, -0.2) is 0 Å². The number of rotatable bonds is 0. The molecule has 0 radical (unpaired) electrons. The molecule has 1 saturated heterocycles. The molecule has 4 atom stereocenters. The van der Waals surface area contributed by atoms with Gasteiger partial charge in [0.05, 0.1) is 24.0 Å². The Balaban J connectivity index is 1.59. The molecule has 2 aliphatic carbocycles. The van der Waals surface area contributed by atoms with Crippen LogP contribution in [0.2, 0.25) is 0 Å². The maximum absolute atomic E-state index is 13.0. The van der Waals surface area contributed by atoms with Gasteiger partial charge in [0.25, 0.3) is 0 Å². The summed E-state index contributed by atoms with van der Waals surface area (Å²) in [5.41, 5.74) is 5.84. The van der Waals surface area contributed by atoms with Crippen LogP contribution < -0.4 is 0 Å². The van der Waals surface area contributed by atoms with Gasteiger partial charge in [-0.2, -0.15) is 0 Å². The van der Waals surface area contributed by atoms with E-state index in [-0.39, 0.29) is 35.6 Å². The van der Waals surface area contributed by atoms with Crippen molar-refractivity contribution in [2.75, 3.05) is 0 Å². The summed E-state index contributed by atoms with van der Waals surface area (Å²) < 4.78 is 6.06. The first-order valence-corrected chi connectivity index (χ1v) is 7.72. The summed E-state index contributed by atoms with van der Waals surface area (Å²) in [5, 5.41) is 0. The van der Waals surface area contributed by atoms with Crippen LogP contribution in [0.5, 0.6) is 0 Å². The van der Waals surface area contributed by atoms with Crippen LogP contribution in [0.3, 0.4) is 0 Å². The van der Waals surface area contributed by atoms with Crippen LogP contribution in [0.4, 0.5) is 0 Å². The summed E-state index contributed by atoms with van der Waals surface area (Å²) in [6.07, 6.45) is 0.422. The van der Waals surface area contributed by atoms with Gasteiger partial charge >= 0.3 is 0 Å². The normalized spacial score (nSPS) is 32.4. The number of hydrogen-bond donors (Lipinski definition) is 0. The number of fused-ring (bicyclic) bond motifs is 10. The smallest absolute Gasteiger partial charge is 0.170 e. The molecule has 0 saturated carbocycles. The second kappa shape index (κ2) is 3.39. The predicted octanol–water partition coefficient (Wildman–Crippen LogP) is 3.03. The number of carbonyl (C=O) groups is 2. The molecule has 2 aliphatic heterocycles. The largest absolute Gasteiger partial charge is 0.364 e. The van der Waals surface area contributed by atoms with Gasteiger partial charge in [-0.3, -0.25) is 9.59 Å². The lowest BCUT2D eigenvalue weighted by atomic mass is 9.66. The molecule has 2 aromatic rings. The van der Waals surface area contributed by atoms with Crippen LogP contribution in [0.25, 0.3) is 0 Å². The number of benzene rings is 2. The molecule has 2 aromatic carbocycles. The fraction of sp³-hybridized carbons (Fsp3) is 0.263. The lowest BCUT2D eigenvalue weighted by molar-refractivity contribution is 0.0511. The monoisotopic (exact) mass is 288 g/mol. The third-order valence-electron chi connectivity index (χ3n) is 5.67. The van der Waals surface area contributed by atoms with Crippen molar-refractivity contribution in [3.8, 4) is 0 Å². The molecule has 1 fully saturated rings. The molecule has 3 heteroatoms. The second-order valence-electron chi connectivity index (χ2n) is 6.73. The zero-order valence-corrected chi connectivity index (χ0v) is 11.7. The van der Waals surface area contributed by atoms with Gasteiger partial charge in [-0.05, 0) is 40.8 Å². The van der Waals surface area contributed by atoms with Gasteiger partial charge < -0.3 is 4.74 Å². The molecular formula is C19H12O3. The van der Waals surface area contributed by atoms with E-state index in [4.69, 9.17) is 4.74 Å². The van der Waals surface area contributed by atoms with E-state index in [1.165, 1.54) is 11.1 Å². The van der Waals surface area contributed by atoms with E-state index in [1.54, 1.807) is 0 Å². The van der Waals surface area contributed by atoms with Crippen molar-refractivity contribution in [3.63, 3.8) is 0 Å². The quantitative estimate of drug-likeness (QED) is 0.638. The highest BCUT2D eigenvalue weighted by Crippen LogP contribution is 2.60. The highest BCUT2D eigenvalue weighted by molar-refractivity contribution is 6.17. The molecule has 2 bridgehead atoms. The van der Waals surface area contributed by atoms with Crippen molar-refractivity contribution in [1.29, 1.82) is 0 Å². The predicted molar refractivity (Wildman–Crippen MR) is 77.9 cm³/mol. The van der Waals surface area contributed by atoms with Crippen molar-refractivity contribution < 1.29 is 14.3 Å². The standard InChI is InChI=1S/C19H12O3/c20-16-12-6-8-5-9(8)7-13(12)17(21)15-14(16)18-10-3-1-2-4-11(10)19(15)22-18/h1-4,6-7,14-15,18-19H,5H2/t14-,15+,18+,19-. The van der Waals surface area contributed by atoms with Gasteiger partial charge in [0.15, 0.2) is 11.6 Å². The molecular weight excluding hydrogens is 276 g/mol. The SMILES string of the molecule is O=C1c2cc3c(cc2C(=O)[C@H]2[C@@H]1[C@@H]1O[C@H]2c2ccccc21)C3. The van der Waals surface area contributed by atoms with Crippen molar-refractivity contribution in [1.82, 2.24) is 0 Å². The Morgan fingerprint density at radius 3 is 1.82 bits per heavy atom. The highest BCUT2D eigenvalue weighted by Gasteiger charge is 2.60. The van der Waals surface area contributed by atoms with Crippen molar-refractivity contribution in [2.45, 2.75) is 18.6 Å². The molecule has 3 nitrogen and oxygen atoms in total. The van der Waals surface area contributed by atoms with Crippen LogP contribution in [0.1, 0.15) is 55.2 Å². The van der Waals surface area contributed by atoms with Crippen LogP contribution in [-0.2, 0) is 11.2 Å². The summed E-state index contributed by atoms with van der Waals surface area (Å²) in [4.78, 5) is 26.0. The average molecular weight is 288 g/mol. The minimum atomic E-state index is -0.336. The number of ether oxygens (including phenoxy) is 1. The molecule has 0 aromatic heterocycles. The summed E-state index contributed by atoms with van der Waals surface area (Å²) in [7, 11) is 0. The number of hydrogen-bond acceptors (Lipinski definition) is 3. The first-order chi connectivity index (χ1) is 10.7. The maximum atomic E-state index is 13.0. The molecule has 4 aliphatic rings. The summed E-state index contributed by atoms with van der Waals surface area (Å²) >= 11 is 0. The number of ketones is 2. The molecule has 0 spiro atoms. The van der Waals surface area contributed by atoms with E-state index in [0.717, 1.165) is 17.5 Å². The van der Waals surface area contributed by atoms with E-state index in [0.29, 0.717) is 11.1 Å². The molecule has 106 valence electrons. The summed E-state index contributed by atoms with van der Waals surface area (Å²) in [5.74, 6) is -0.485. The Morgan fingerprint density at radius 2 is 1.32 bits per heavy atom. The Morgan fingerprint density at radius 1 is 0.818 bits per heavy atom. The van der Waals surface area contributed by atoms with E-state index in [9.17, 15) is 9.59 Å². The van der Waals surface area contributed by atoms with Crippen molar-refractivity contribution in [2.24, 2.45) is 11.8 Å². The van der Waals surface area contributed by atoms with Gasteiger partial charge in [0, 0.05) is 11.1 Å². The first kappa shape index (κ1) is 11.3. The highest BCUT2D eigenvalue weighted by atomic mass is 16.5. The van der Waals surface area contributed by atoms with Crippen molar-refractivity contribution in [3.05, 3.63) is 69.8 Å². The minimum Gasteiger partial charge on any atom is -0.364 e. The Kier molecular flexibility index (Phi) is 1.74. The fourth-order valence-electron chi connectivity index (χ4n) is 4.59. The number of Topliss-reactive ketones (excluding diaryl/α,β-unsaturated/α-hetero) is 2. The van der Waals surface area contributed by atoms with Crippen LogP contribution in [0, 0.1) is 11.8 Å². The average Bonchev–Trinajstić information content (AvgIpc) is 3.06. The topological polar surface area (TPSA) is 43.4 Å². The van der Waals surface area contributed by atoms with E-state index in [2.05, 4.69) is 0 Å². The lowest BCUT2D eigenvalue weighted by Crippen LogP contribution is -2.39. The Hall–Kier alpha value is -2.26. The van der Waals surface area contributed by atoms with E-state index >= 15 is 0 Å². The van der Waals surface area contributed by atoms with Gasteiger partial charge in [-0.1, -0.05) is 24.3 Å². The second-order valence-corrected chi connectivity index (χ2v) is 6.73. The van der Waals surface area contributed by atoms with Crippen molar-refractivity contribution >= 4 is 11.6 Å². The summed E-state index contributed by atoms with van der Waals surface area (Å²) in [6.45, 7) is 0. The van der Waals surface area contributed by atoms with Gasteiger partial charge in [0.2, 0.25) is 0 Å². The minimum absolute atomic E-state index is 0.0938. The zero-order chi connectivity index (χ0) is 14.6. The Labute approximate surface area is 126 Å². The first-order valence-electron chi connectivity index (χ1n) is 7.72. The van der Waals surface area contributed by atoms with Crippen LogP contribution in [-0.4, -0.2) is 11.6 Å². The van der Waals surface area contributed by atoms with Gasteiger partial charge in [-0.15, -0.1) is 0 Å². The molecule has 22 heavy (non-hydrogen) atoms. The third-order valence-corrected chi connectivity index (χ3v) is 5.67. The van der Waals surface area contributed by atoms with Gasteiger partial charge in [0.1, 0.15) is 0 Å². The lowest BCUT2D eigenvalue weighted by Gasteiger charge is -2.32. The third kappa shape index (κ3) is 1.12. The molecule has 2 heterocycles. The van der Waals surface area contributed by atoms with E-state index < -0.39 is 0 Å². The summed E-state index contributed by atoms with van der Waals surface area (Å²) in [6, 6.07) is 11.9. The van der Waals surface area contributed by atoms with Crippen LogP contribution in [0.15, 0.2) is 36.4 Å².